The average Bonchev–Trinajstić information content (AvgIpc) is 3.20. The number of halogens is 2. The average molecular weight is 493 g/mol. The molecule has 0 aliphatic carbocycles. The molecule has 1 atom stereocenters. The lowest BCUT2D eigenvalue weighted by Gasteiger charge is -2.35. The van der Waals surface area contributed by atoms with Crippen LogP contribution in [0.1, 0.15) is 38.2 Å². The second-order valence-corrected chi connectivity index (χ2v) is 8.97. The number of piperidine rings is 1. The fraction of sp³-hybridized carbons (Fsp3) is 0.333. The zero-order valence-corrected chi connectivity index (χ0v) is 20.2. The Hall–Kier alpha value is -2.12. The molecule has 3 heterocycles. The Morgan fingerprint density at radius 1 is 1.19 bits per heavy atom. The minimum Gasteiger partial charge on any atom is -0.507 e. The SMILES string of the molecule is CCC1CCCCN1Cc1c(O)ccc2cc(-c3nc4ccccc4s3)c(=O)oc12.Cl.Cl. The van der Waals surface area contributed by atoms with Gasteiger partial charge in [-0.3, -0.25) is 4.90 Å². The van der Waals surface area contributed by atoms with E-state index in [1.807, 2.05) is 30.3 Å². The van der Waals surface area contributed by atoms with Crippen molar-refractivity contribution in [3.63, 3.8) is 0 Å². The lowest BCUT2D eigenvalue weighted by atomic mass is 9.98. The Bertz CT molecular complexity index is 1250. The summed E-state index contributed by atoms with van der Waals surface area (Å²) in [4.78, 5) is 19.9. The first kappa shape index (κ1) is 24.5. The fourth-order valence-electron chi connectivity index (χ4n) is 4.45. The molecule has 0 saturated carbocycles. The molecular weight excluding hydrogens is 467 g/mol. The molecule has 4 aromatic rings. The van der Waals surface area contributed by atoms with Gasteiger partial charge < -0.3 is 9.52 Å². The summed E-state index contributed by atoms with van der Waals surface area (Å²) in [7, 11) is 0. The Labute approximate surface area is 202 Å². The van der Waals surface area contributed by atoms with Crippen LogP contribution in [0, 0.1) is 0 Å². The lowest BCUT2D eigenvalue weighted by molar-refractivity contribution is 0.135. The van der Waals surface area contributed by atoms with Crippen molar-refractivity contribution >= 4 is 57.3 Å². The summed E-state index contributed by atoms with van der Waals surface area (Å²) in [5.74, 6) is 0.179. The van der Waals surface area contributed by atoms with E-state index in [0.29, 0.717) is 34.3 Å². The van der Waals surface area contributed by atoms with Crippen molar-refractivity contribution in [2.75, 3.05) is 6.54 Å². The highest BCUT2D eigenvalue weighted by Crippen LogP contribution is 2.34. The lowest BCUT2D eigenvalue weighted by Crippen LogP contribution is -2.38. The molecule has 170 valence electrons. The van der Waals surface area contributed by atoms with Crippen molar-refractivity contribution < 1.29 is 9.52 Å². The summed E-state index contributed by atoms with van der Waals surface area (Å²) in [5, 5.41) is 12.0. The van der Waals surface area contributed by atoms with Gasteiger partial charge in [0, 0.05) is 18.0 Å². The summed E-state index contributed by atoms with van der Waals surface area (Å²) in [6.07, 6.45) is 4.66. The van der Waals surface area contributed by atoms with Crippen LogP contribution in [0.15, 0.2) is 51.7 Å². The molecule has 0 radical (unpaired) electrons. The van der Waals surface area contributed by atoms with Crippen molar-refractivity contribution in [2.45, 2.75) is 45.2 Å². The van der Waals surface area contributed by atoms with Gasteiger partial charge in [-0.25, -0.2) is 9.78 Å². The molecule has 5 rings (SSSR count). The van der Waals surface area contributed by atoms with Crippen molar-refractivity contribution in [3.8, 4) is 16.3 Å². The van der Waals surface area contributed by atoms with Crippen molar-refractivity contribution in [1.82, 2.24) is 9.88 Å². The minimum atomic E-state index is -0.418. The quantitative estimate of drug-likeness (QED) is 0.334. The van der Waals surface area contributed by atoms with E-state index >= 15 is 0 Å². The number of benzene rings is 2. The van der Waals surface area contributed by atoms with Crippen LogP contribution in [0.25, 0.3) is 31.8 Å². The number of para-hydroxylation sites is 1. The van der Waals surface area contributed by atoms with Crippen LogP contribution < -0.4 is 5.63 Å². The van der Waals surface area contributed by atoms with Crippen molar-refractivity contribution in [1.29, 1.82) is 0 Å². The number of phenolic OH excluding ortho intramolecular Hbond substituents is 1. The molecule has 0 amide bonds. The molecule has 1 unspecified atom stereocenters. The molecule has 1 aliphatic heterocycles. The number of thiazole rings is 1. The molecule has 1 fully saturated rings. The summed E-state index contributed by atoms with van der Waals surface area (Å²) >= 11 is 1.48. The van der Waals surface area contributed by atoms with E-state index in [1.54, 1.807) is 12.1 Å². The monoisotopic (exact) mass is 492 g/mol. The molecule has 1 aliphatic rings. The Morgan fingerprint density at radius 2 is 2.00 bits per heavy atom. The van der Waals surface area contributed by atoms with Crippen molar-refractivity contribution in [2.24, 2.45) is 0 Å². The van der Waals surface area contributed by atoms with E-state index in [2.05, 4.69) is 16.8 Å². The Balaban J connectivity index is 0.00000144. The van der Waals surface area contributed by atoms with Gasteiger partial charge in [-0.1, -0.05) is 25.5 Å². The maximum atomic E-state index is 12.9. The van der Waals surface area contributed by atoms with Crippen LogP contribution in [0.3, 0.4) is 0 Å². The van der Waals surface area contributed by atoms with Crippen molar-refractivity contribution in [3.05, 3.63) is 58.4 Å². The van der Waals surface area contributed by atoms with Gasteiger partial charge in [0.15, 0.2) is 0 Å². The first-order valence-corrected chi connectivity index (χ1v) is 11.3. The van der Waals surface area contributed by atoms with Gasteiger partial charge in [0.1, 0.15) is 16.3 Å². The second-order valence-electron chi connectivity index (χ2n) is 7.94. The molecule has 8 heteroatoms. The third-order valence-electron chi connectivity index (χ3n) is 6.09. The van der Waals surface area contributed by atoms with Gasteiger partial charge in [-0.2, -0.15) is 0 Å². The largest absolute Gasteiger partial charge is 0.507 e. The number of fused-ring (bicyclic) bond motifs is 2. The molecule has 0 spiro atoms. The van der Waals surface area contributed by atoms with Gasteiger partial charge >= 0.3 is 5.63 Å². The molecule has 1 saturated heterocycles. The summed E-state index contributed by atoms with van der Waals surface area (Å²) in [6.45, 7) is 3.80. The first-order valence-electron chi connectivity index (χ1n) is 10.5. The van der Waals surface area contributed by atoms with Gasteiger partial charge in [-0.15, -0.1) is 36.2 Å². The highest BCUT2D eigenvalue weighted by molar-refractivity contribution is 7.21. The number of hydrogen-bond donors (Lipinski definition) is 1. The van der Waals surface area contributed by atoms with Crippen LogP contribution in [0.4, 0.5) is 0 Å². The maximum absolute atomic E-state index is 12.9. The molecule has 0 bridgehead atoms. The number of rotatable bonds is 4. The van der Waals surface area contributed by atoms with Crippen LogP contribution in [-0.4, -0.2) is 27.6 Å². The van der Waals surface area contributed by atoms with E-state index < -0.39 is 5.63 Å². The maximum Gasteiger partial charge on any atom is 0.346 e. The van der Waals surface area contributed by atoms with Gasteiger partial charge in [0.2, 0.25) is 0 Å². The fourth-order valence-corrected chi connectivity index (χ4v) is 5.42. The number of aromatic hydroxyl groups is 1. The third-order valence-corrected chi connectivity index (χ3v) is 7.16. The Kier molecular flexibility index (Phi) is 7.83. The highest BCUT2D eigenvalue weighted by Gasteiger charge is 2.24. The molecule has 2 aromatic carbocycles. The number of aromatic nitrogens is 1. The van der Waals surface area contributed by atoms with Crippen LogP contribution in [0.2, 0.25) is 0 Å². The molecule has 1 N–H and O–H groups in total. The molecular formula is C24H26Cl2N2O3S. The van der Waals surface area contributed by atoms with E-state index in [0.717, 1.165) is 35.0 Å². The smallest absolute Gasteiger partial charge is 0.346 e. The Morgan fingerprint density at radius 3 is 2.78 bits per heavy atom. The third kappa shape index (κ3) is 4.50. The standard InChI is InChI=1S/C24H24N2O3S.2ClH/c1-2-16-7-5-6-12-26(16)14-18-20(27)11-10-15-13-17(24(28)29-22(15)18)23-25-19-8-3-4-9-21(19)30-23;;/h3-4,8-11,13,16,27H,2,5-7,12,14H2,1H3;2*1H. The summed E-state index contributed by atoms with van der Waals surface area (Å²) in [6, 6.07) is 13.7. The normalized spacial score (nSPS) is 16.6. The zero-order chi connectivity index (χ0) is 20.7. The van der Waals surface area contributed by atoms with Crippen LogP contribution >= 0.6 is 36.2 Å². The summed E-state index contributed by atoms with van der Waals surface area (Å²) < 4.78 is 6.83. The highest BCUT2D eigenvalue weighted by atomic mass is 35.5. The van der Waals surface area contributed by atoms with E-state index in [9.17, 15) is 9.90 Å². The van der Waals surface area contributed by atoms with Crippen LogP contribution in [-0.2, 0) is 6.54 Å². The number of phenols is 1. The predicted octanol–water partition coefficient (Wildman–Crippen LogP) is 6.38. The summed E-state index contributed by atoms with van der Waals surface area (Å²) in [5.41, 5.74) is 2.09. The van der Waals surface area contributed by atoms with Crippen LogP contribution in [0.5, 0.6) is 5.75 Å². The first-order chi connectivity index (χ1) is 14.6. The van der Waals surface area contributed by atoms with E-state index in [1.165, 1.54) is 24.2 Å². The minimum absolute atomic E-state index is 0. The molecule has 2 aromatic heterocycles. The molecule has 32 heavy (non-hydrogen) atoms. The number of likely N-dealkylation sites (tertiary alicyclic amines) is 1. The predicted molar refractivity (Wildman–Crippen MR) is 136 cm³/mol. The second kappa shape index (κ2) is 10.2. The van der Waals surface area contributed by atoms with Gasteiger partial charge in [0.05, 0.1) is 21.3 Å². The van der Waals surface area contributed by atoms with E-state index in [4.69, 9.17) is 4.42 Å². The molecule has 5 nitrogen and oxygen atoms in total. The number of nitrogens with zero attached hydrogens (tertiary/aromatic N) is 2. The number of hydrogen-bond acceptors (Lipinski definition) is 6. The topological polar surface area (TPSA) is 66.6 Å². The zero-order valence-electron chi connectivity index (χ0n) is 17.7. The van der Waals surface area contributed by atoms with E-state index in [-0.39, 0.29) is 30.6 Å². The van der Waals surface area contributed by atoms with Gasteiger partial charge in [0.25, 0.3) is 0 Å². The van der Waals surface area contributed by atoms with Gasteiger partial charge in [-0.05, 0) is 56.1 Å².